The molecule has 0 spiro atoms. The lowest BCUT2D eigenvalue weighted by Gasteiger charge is -2.05. The van der Waals surface area contributed by atoms with Gasteiger partial charge in [0.05, 0.1) is 0 Å². The number of rotatable bonds is 2. The summed E-state index contributed by atoms with van der Waals surface area (Å²) < 4.78 is 0.874. The van der Waals surface area contributed by atoms with Crippen molar-refractivity contribution in [3.05, 3.63) is 34.3 Å². The van der Waals surface area contributed by atoms with E-state index in [1.165, 1.54) is 0 Å². The molecule has 4 N–H and O–H groups in total. The molecule has 0 fully saturated rings. The fraction of sp³-hybridized carbons (Fsp3) is 0.111. The minimum Gasteiger partial charge on any atom is -0.344 e. The lowest BCUT2D eigenvalue weighted by atomic mass is 10.2. The molecule has 6 heteroatoms. The van der Waals surface area contributed by atoms with Crippen LogP contribution < -0.4 is 16.6 Å². The van der Waals surface area contributed by atoms with Gasteiger partial charge in [0.2, 0.25) is 0 Å². The SMILES string of the molecule is NNC(=O)C(=O)NCc1ccccc1Br. The molecule has 0 aliphatic carbocycles. The molecule has 0 aliphatic heterocycles. The van der Waals surface area contributed by atoms with E-state index in [-0.39, 0.29) is 6.54 Å². The average molecular weight is 272 g/mol. The molecule has 0 atom stereocenters. The van der Waals surface area contributed by atoms with E-state index in [2.05, 4.69) is 21.2 Å². The van der Waals surface area contributed by atoms with E-state index in [0.717, 1.165) is 10.0 Å². The van der Waals surface area contributed by atoms with Crippen molar-refractivity contribution >= 4 is 27.7 Å². The number of amides is 2. The monoisotopic (exact) mass is 271 g/mol. The molecule has 0 bridgehead atoms. The first-order chi connectivity index (χ1) is 7.15. The first-order valence-electron chi connectivity index (χ1n) is 4.17. The maximum Gasteiger partial charge on any atom is 0.323 e. The Balaban J connectivity index is 2.54. The van der Waals surface area contributed by atoms with E-state index in [9.17, 15) is 9.59 Å². The Bertz CT molecular complexity index is 381. The van der Waals surface area contributed by atoms with E-state index in [1.54, 1.807) is 5.43 Å². The predicted octanol–water partition coefficient (Wildman–Crippen LogP) is 0.0552. The van der Waals surface area contributed by atoms with Crippen LogP contribution in [0.25, 0.3) is 0 Å². The molecule has 0 unspecified atom stereocenters. The van der Waals surface area contributed by atoms with Crippen molar-refractivity contribution in [3.8, 4) is 0 Å². The van der Waals surface area contributed by atoms with Crippen molar-refractivity contribution in [2.75, 3.05) is 0 Å². The van der Waals surface area contributed by atoms with Gasteiger partial charge in [-0.2, -0.15) is 0 Å². The second kappa shape index (κ2) is 5.47. The van der Waals surface area contributed by atoms with Crippen LogP contribution in [0.4, 0.5) is 0 Å². The first kappa shape index (κ1) is 11.7. The molecule has 15 heavy (non-hydrogen) atoms. The third-order valence-corrected chi connectivity index (χ3v) is 2.51. The fourth-order valence-electron chi connectivity index (χ4n) is 0.963. The predicted molar refractivity (Wildman–Crippen MR) is 58.3 cm³/mol. The summed E-state index contributed by atoms with van der Waals surface area (Å²) in [5.74, 6) is 3.19. The highest BCUT2D eigenvalue weighted by molar-refractivity contribution is 9.10. The lowest BCUT2D eigenvalue weighted by Crippen LogP contribution is -2.42. The van der Waals surface area contributed by atoms with E-state index in [4.69, 9.17) is 5.84 Å². The third kappa shape index (κ3) is 3.34. The smallest absolute Gasteiger partial charge is 0.323 e. The minimum absolute atomic E-state index is 0.272. The Kier molecular flexibility index (Phi) is 4.26. The average Bonchev–Trinajstić information content (AvgIpc) is 2.26. The normalized spacial score (nSPS) is 9.47. The molecule has 0 saturated heterocycles. The molecule has 2 amide bonds. The van der Waals surface area contributed by atoms with Crippen LogP contribution in [0.15, 0.2) is 28.7 Å². The van der Waals surface area contributed by atoms with Crippen molar-refractivity contribution in [1.29, 1.82) is 0 Å². The molecule has 0 aliphatic rings. The van der Waals surface area contributed by atoms with Gasteiger partial charge in [0.1, 0.15) is 0 Å². The summed E-state index contributed by atoms with van der Waals surface area (Å²) in [6, 6.07) is 7.40. The van der Waals surface area contributed by atoms with E-state index < -0.39 is 11.8 Å². The highest BCUT2D eigenvalue weighted by Gasteiger charge is 2.10. The van der Waals surface area contributed by atoms with Gasteiger partial charge in [0.25, 0.3) is 0 Å². The topological polar surface area (TPSA) is 84.2 Å². The summed E-state index contributed by atoms with van der Waals surface area (Å²) in [6.07, 6.45) is 0. The molecule has 80 valence electrons. The largest absolute Gasteiger partial charge is 0.344 e. The Morgan fingerprint density at radius 2 is 1.93 bits per heavy atom. The number of hydrogen-bond acceptors (Lipinski definition) is 3. The molecule has 1 aromatic carbocycles. The van der Waals surface area contributed by atoms with Crippen LogP contribution >= 0.6 is 15.9 Å². The highest BCUT2D eigenvalue weighted by atomic mass is 79.9. The van der Waals surface area contributed by atoms with Crippen molar-refractivity contribution in [1.82, 2.24) is 10.7 Å². The maximum absolute atomic E-state index is 11.0. The Hall–Kier alpha value is -1.40. The van der Waals surface area contributed by atoms with Crippen LogP contribution in [0.3, 0.4) is 0 Å². The summed E-state index contributed by atoms with van der Waals surface area (Å²) in [7, 11) is 0. The second-order valence-electron chi connectivity index (χ2n) is 2.75. The number of carbonyl (C=O) groups is 2. The molecular formula is C9H10BrN3O2. The van der Waals surface area contributed by atoms with Crippen molar-refractivity contribution in [2.45, 2.75) is 6.54 Å². The van der Waals surface area contributed by atoms with Crippen LogP contribution in [0, 0.1) is 0 Å². The standard InChI is InChI=1S/C9H10BrN3O2/c10-7-4-2-1-3-6(7)5-12-8(14)9(15)13-11/h1-4H,5,11H2,(H,12,14)(H,13,15). The van der Waals surface area contributed by atoms with Crippen LogP contribution in [0.5, 0.6) is 0 Å². The van der Waals surface area contributed by atoms with E-state index in [0.29, 0.717) is 0 Å². The number of benzene rings is 1. The summed E-state index contributed by atoms with van der Waals surface area (Å²) >= 11 is 3.32. The Morgan fingerprint density at radius 3 is 2.53 bits per heavy atom. The lowest BCUT2D eigenvalue weighted by molar-refractivity contribution is -0.139. The zero-order chi connectivity index (χ0) is 11.3. The van der Waals surface area contributed by atoms with Crippen molar-refractivity contribution < 1.29 is 9.59 Å². The molecule has 0 aromatic heterocycles. The van der Waals surface area contributed by atoms with Gasteiger partial charge in [-0.3, -0.25) is 15.0 Å². The molecule has 1 rings (SSSR count). The zero-order valence-electron chi connectivity index (χ0n) is 7.79. The molecule has 5 nitrogen and oxygen atoms in total. The quantitative estimate of drug-likeness (QED) is 0.308. The fourth-order valence-corrected chi connectivity index (χ4v) is 1.39. The van der Waals surface area contributed by atoms with Crippen LogP contribution in [-0.2, 0) is 16.1 Å². The van der Waals surface area contributed by atoms with Crippen LogP contribution in [-0.4, -0.2) is 11.8 Å². The van der Waals surface area contributed by atoms with Gasteiger partial charge in [0.15, 0.2) is 0 Å². The molecule has 1 aromatic rings. The van der Waals surface area contributed by atoms with Gasteiger partial charge in [-0.1, -0.05) is 34.1 Å². The summed E-state index contributed by atoms with van der Waals surface area (Å²) in [5, 5.41) is 2.43. The molecule has 0 heterocycles. The van der Waals surface area contributed by atoms with Gasteiger partial charge in [-0.05, 0) is 11.6 Å². The Morgan fingerprint density at radius 1 is 1.27 bits per heavy atom. The molecule has 0 radical (unpaired) electrons. The summed E-state index contributed by atoms with van der Waals surface area (Å²) in [6.45, 7) is 0.272. The third-order valence-electron chi connectivity index (χ3n) is 1.73. The number of hydrazine groups is 1. The van der Waals surface area contributed by atoms with Crippen molar-refractivity contribution in [3.63, 3.8) is 0 Å². The second-order valence-corrected chi connectivity index (χ2v) is 3.60. The van der Waals surface area contributed by atoms with Crippen molar-refractivity contribution in [2.24, 2.45) is 5.84 Å². The number of nitrogens with one attached hydrogen (secondary N) is 2. The maximum atomic E-state index is 11.0. The number of carbonyl (C=O) groups excluding carboxylic acids is 2. The summed E-state index contributed by atoms with van der Waals surface area (Å²) in [5.41, 5.74) is 2.64. The minimum atomic E-state index is -0.859. The first-order valence-corrected chi connectivity index (χ1v) is 4.96. The zero-order valence-corrected chi connectivity index (χ0v) is 9.37. The summed E-state index contributed by atoms with van der Waals surface area (Å²) in [4.78, 5) is 21.8. The van der Waals surface area contributed by atoms with Gasteiger partial charge < -0.3 is 5.32 Å². The van der Waals surface area contributed by atoms with Gasteiger partial charge in [-0.25, -0.2) is 5.84 Å². The molecule has 0 saturated carbocycles. The Labute approximate surface area is 95.1 Å². The van der Waals surface area contributed by atoms with Gasteiger partial charge in [0, 0.05) is 11.0 Å². The highest BCUT2D eigenvalue weighted by Crippen LogP contribution is 2.14. The van der Waals surface area contributed by atoms with Gasteiger partial charge >= 0.3 is 11.8 Å². The number of nitrogens with two attached hydrogens (primary N) is 1. The van der Waals surface area contributed by atoms with Gasteiger partial charge in [-0.15, -0.1) is 0 Å². The molecular weight excluding hydrogens is 262 g/mol. The van der Waals surface area contributed by atoms with E-state index >= 15 is 0 Å². The number of halogens is 1. The van der Waals surface area contributed by atoms with Crippen LogP contribution in [0.2, 0.25) is 0 Å². The number of hydrogen-bond donors (Lipinski definition) is 3. The van der Waals surface area contributed by atoms with Crippen LogP contribution in [0.1, 0.15) is 5.56 Å². The van der Waals surface area contributed by atoms with E-state index in [1.807, 2.05) is 24.3 Å².